The Balaban J connectivity index is 1.70. The van der Waals surface area contributed by atoms with Crippen molar-refractivity contribution in [3.63, 3.8) is 0 Å². The zero-order chi connectivity index (χ0) is 16.6. The third kappa shape index (κ3) is 2.93. The van der Waals surface area contributed by atoms with E-state index in [2.05, 4.69) is 10.6 Å². The predicted octanol–water partition coefficient (Wildman–Crippen LogP) is 1.37. The van der Waals surface area contributed by atoms with E-state index in [0.717, 1.165) is 17.7 Å². The van der Waals surface area contributed by atoms with Gasteiger partial charge in [-0.05, 0) is 38.2 Å². The molecular formula is C17H21N3O3. The molecule has 1 saturated carbocycles. The summed E-state index contributed by atoms with van der Waals surface area (Å²) in [7, 11) is 0. The highest BCUT2D eigenvalue weighted by molar-refractivity contribution is 6.09. The van der Waals surface area contributed by atoms with Gasteiger partial charge in [-0.3, -0.25) is 14.5 Å². The molecule has 1 saturated heterocycles. The lowest BCUT2D eigenvalue weighted by atomic mass is 9.92. The van der Waals surface area contributed by atoms with Crippen molar-refractivity contribution in [2.75, 3.05) is 6.54 Å². The smallest absolute Gasteiger partial charge is 0.325 e. The van der Waals surface area contributed by atoms with E-state index in [4.69, 9.17) is 0 Å². The molecule has 2 aliphatic rings. The summed E-state index contributed by atoms with van der Waals surface area (Å²) >= 11 is 0. The summed E-state index contributed by atoms with van der Waals surface area (Å²) in [5, 5.41) is 5.56. The maximum absolute atomic E-state index is 12.7. The van der Waals surface area contributed by atoms with E-state index in [1.54, 1.807) is 19.1 Å². The lowest BCUT2D eigenvalue weighted by Crippen LogP contribution is -2.45. The Labute approximate surface area is 135 Å². The molecule has 1 aliphatic heterocycles. The van der Waals surface area contributed by atoms with Crippen molar-refractivity contribution in [1.82, 2.24) is 15.5 Å². The van der Waals surface area contributed by atoms with Gasteiger partial charge in [0.2, 0.25) is 5.91 Å². The molecule has 4 amide bonds. The Bertz CT molecular complexity index is 642. The van der Waals surface area contributed by atoms with Crippen molar-refractivity contribution in [2.45, 2.75) is 38.3 Å². The molecule has 1 aromatic rings. The van der Waals surface area contributed by atoms with Gasteiger partial charge in [0, 0.05) is 6.04 Å². The number of carbonyl (C=O) groups excluding carboxylic acids is 3. The minimum absolute atomic E-state index is 0.0868. The molecule has 6 heteroatoms. The second kappa shape index (κ2) is 5.68. The van der Waals surface area contributed by atoms with Crippen LogP contribution in [0, 0.1) is 5.92 Å². The average Bonchev–Trinajstić information content (AvgIpc) is 3.34. The van der Waals surface area contributed by atoms with Gasteiger partial charge in [0.25, 0.3) is 5.91 Å². The van der Waals surface area contributed by atoms with E-state index < -0.39 is 17.5 Å². The molecule has 0 radical (unpaired) electrons. The molecule has 3 rings (SSSR count). The molecule has 0 aromatic heterocycles. The van der Waals surface area contributed by atoms with Gasteiger partial charge >= 0.3 is 6.03 Å². The number of carbonyl (C=O) groups is 3. The fraction of sp³-hybridized carbons (Fsp3) is 0.471. The fourth-order valence-electron chi connectivity index (χ4n) is 2.96. The maximum atomic E-state index is 12.7. The van der Waals surface area contributed by atoms with Gasteiger partial charge in [0.05, 0.1) is 0 Å². The Morgan fingerprint density at radius 2 is 2.00 bits per heavy atom. The number of urea groups is 1. The Hall–Kier alpha value is -2.37. The van der Waals surface area contributed by atoms with Crippen LogP contribution in [0.2, 0.25) is 0 Å². The minimum atomic E-state index is -1.12. The summed E-state index contributed by atoms with van der Waals surface area (Å²) in [5.74, 6) is -0.176. The molecule has 1 aromatic carbocycles. The number of benzene rings is 1. The van der Waals surface area contributed by atoms with Gasteiger partial charge in [-0.2, -0.15) is 0 Å². The van der Waals surface area contributed by atoms with Crippen LogP contribution < -0.4 is 10.6 Å². The highest BCUT2D eigenvalue weighted by Crippen LogP contribution is 2.32. The van der Waals surface area contributed by atoms with Gasteiger partial charge < -0.3 is 10.6 Å². The number of hydrogen-bond donors (Lipinski definition) is 2. The van der Waals surface area contributed by atoms with Crippen molar-refractivity contribution in [1.29, 1.82) is 0 Å². The molecule has 2 atom stereocenters. The summed E-state index contributed by atoms with van der Waals surface area (Å²) in [6.07, 6.45) is 2.24. The Morgan fingerprint density at radius 3 is 2.61 bits per heavy atom. The number of nitrogens with zero attached hydrogens (tertiary/aromatic N) is 1. The zero-order valence-electron chi connectivity index (χ0n) is 13.3. The van der Waals surface area contributed by atoms with Crippen molar-refractivity contribution in [3.05, 3.63) is 35.9 Å². The standard InChI is InChI=1S/C17H21N3O3/c1-11(12-8-9-12)18-14(21)10-20-15(22)17(2,19-16(20)23)13-6-4-3-5-7-13/h3-7,11-12H,8-10H2,1-2H3,(H,18,21)(H,19,23). The van der Waals surface area contributed by atoms with Gasteiger partial charge in [-0.25, -0.2) is 4.79 Å². The van der Waals surface area contributed by atoms with Crippen LogP contribution in [0.5, 0.6) is 0 Å². The van der Waals surface area contributed by atoms with Crippen molar-refractivity contribution in [3.8, 4) is 0 Å². The second-order valence-electron chi connectivity index (χ2n) is 6.51. The molecule has 122 valence electrons. The molecule has 2 unspecified atom stereocenters. The Morgan fingerprint density at radius 1 is 1.35 bits per heavy atom. The summed E-state index contributed by atoms with van der Waals surface area (Å²) in [5.41, 5.74) is -0.423. The van der Waals surface area contributed by atoms with Crippen LogP contribution in [0.25, 0.3) is 0 Å². The predicted molar refractivity (Wildman–Crippen MR) is 84.4 cm³/mol. The summed E-state index contributed by atoms with van der Waals surface area (Å²) in [6, 6.07) is 8.60. The van der Waals surface area contributed by atoms with Crippen molar-refractivity contribution >= 4 is 17.8 Å². The lowest BCUT2D eigenvalue weighted by molar-refractivity contribution is -0.135. The van der Waals surface area contributed by atoms with E-state index in [1.807, 2.05) is 25.1 Å². The molecule has 6 nitrogen and oxygen atoms in total. The van der Waals surface area contributed by atoms with Gasteiger partial charge in [-0.1, -0.05) is 30.3 Å². The van der Waals surface area contributed by atoms with Crippen LogP contribution in [-0.4, -0.2) is 35.3 Å². The number of imide groups is 1. The highest BCUT2D eigenvalue weighted by atomic mass is 16.2. The van der Waals surface area contributed by atoms with E-state index in [9.17, 15) is 14.4 Å². The highest BCUT2D eigenvalue weighted by Gasteiger charge is 2.49. The third-order valence-corrected chi connectivity index (χ3v) is 4.65. The molecular weight excluding hydrogens is 294 g/mol. The van der Waals surface area contributed by atoms with E-state index in [0.29, 0.717) is 11.5 Å². The number of nitrogens with one attached hydrogen (secondary N) is 2. The SMILES string of the molecule is CC(NC(=O)CN1C(=O)NC(C)(c2ccccc2)C1=O)C1CC1. The van der Waals surface area contributed by atoms with Crippen LogP contribution >= 0.6 is 0 Å². The summed E-state index contributed by atoms with van der Waals surface area (Å²) in [6.45, 7) is 3.37. The van der Waals surface area contributed by atoms with Crippen LogP contribution in [0.3, 0.4) is 0 Å². The van der Waals surface area contributed by atoms with Crippen LogP contribution in [-0.2, 0) is 15.1 Å². The van der Waals surface area contributed by atoms with E-state index in [1.165, 1.54) is 0 Å². The number of amides is 4. The third-order valence-electron chi connectivity index (χ3n) is 4.65. The maximum Gasteiger partial charge on any atom is 0.325 e. The Kier molecular flexibility index (Phi) is 3.83. The first-order chi connectivity index (χ1) is 10.9. The largest absolute Gasteiger partial charge is 0.352 e. The fourth-order valence-corrected chi connectivity index (χ4v) is 2.96. The average molecular weight is 315 g/mol. The summed E-state index contributed by atoms with van der Waals surface area (Å²) < 4.78 is 0. The lowest BCUT2D eigenvalue weighted by Gasteiger charge is -2.22. The summed E-state index contributed by atoms with van der Waals surface area (Å²) in [4.78, 5) is 37.9. The number of hydrogen-bond acceptors (Lipinski definition) is 3. The van der Waals surface area contributed by atoms with Crippen molar-refractivity contribution < 1.29 is 14.4 Å². The van der Waals surface area contributed by atoms with Crippen LogP contribution in [0.15, 0.2) is 30.3 Å². The zero-order valence-corrected chi connectivity index (χ0v) is 13.3. The normalized spacial score (nSPS) is 25.2. The number of rotatable bonds is 5. The van der Waals surface area contributed by atoms with Crippen LogP contribution in [0.4, 0.5) is 4.79 Å². The quantitative estimate of drug-likeness (QED) is 0.806. The molecule has 1 aliphatic carbocycles. The molecule has 0 spiro atoms. The monoisotopic (exact) mass is 315 g/mol. The van der Waals surface area contributed by atoms with Gasteiger partial charge in [0.1, 0.15) is 12.1 Å². The second-order valence-corrected chi connectivity index (χ2v) is 6.51. The molecule has 2 fully saturated rings. The molecule has 0 bridgehead atoms. The molecule has 23 heavy (non-hydrogen) atoms. The minimum Gasteiger partial charge on any atom is -0.352 e. The van der Waals surface area contributed by atoms with Gasteiger partial charge in [0.15, 0.2) is 0 Å². The van der Waals surface area contributed by atoms with E-state index in [-0.39, 0.29) is 18.5 Å². The first-order valence-corrected chi connectivity index (χ1v) is 7.91. The first-order valence-electron chi connectivity index (χ1n) is 7.91. The topological polar surface area (TPSA) is 78.5 Å². The first kappa shape index (κ1) is 15.5. The van der Waals surface area contributed by atoms with Crippen LogP contribution in [0.1, 0.15) is 32.3 Å². The van der Waals surface area contributed by atoms with E-state index >= 15 is 0 Å². The molecule has 2 N–H and O–H groups in total. The molecule has 1 heterocycles. The van der Waals surface area contributed by atoms with Gasteiger partial charge in [-0.15, -0.1) is 0 Å². The van der Waals surface area contributed by atoms with Crippen molar-refractivity contribution in [2.24, 2.45) is 5.92 Å².